The second-order valence-corrected chi connectivity index (χ2v) is 5.07. The molecule has 0 amide bonds. The molecule has 0 radical (unpaired) electrons. The van der Waals surface area contributed by atoms with E-state index in [0.717, 1.165) is 21.2 Å². The number of rotatable bonds is 3. The number of hydrazine groups is 1. The van der Waals surface area contributed by atoms with Gasteiger partial charge in [-0.3, -0.25) is 5.84 Å². The molecule has 0 aliphatic carbocycles. The number of nitrogens with two attached hydrogens (primary N) is 1. The number of nitrogens with one attached hydrogen (secondary N) is 1. The molecule has 0 spiro atoms. The Bertz CT molecular complexity index is 540. The van der Waals surface area contributed by atoms with Crippen molar-refractivity contribution in [2.75, 3.05) is 0 Å². The van der Waals surface area contributed by atoms with Crippen LogP contribution in [0.25, 0.3) is 0 Å². The molecule has 0 bridgehead atoms. The molecule has 18 heavy (non-hydrogen) atoms. The lowest BCUT2D eigenvalue weighted by Gasteiger charge is -2.19. The number of aryl methyl sites for hydroxylation is 1. The van der Waals surface area contributed by atoms with E-state index in [2.05, 4.69) is 21.4 Å². The van der Waals surface area contributed by atoms with E-state index in [1.807, 2.05) is 25.1 Å². The summed E-state index contributed by atoms with van der Waals surface area (Å²) in [6, 6.07) is 12.2. The van der Waals surface area contributed by atoms with Crippen LogP contribution in [0.4, 0.5) is 4.39 Å². The van der Waals surface area contributed by atoms with Gasteiger partial charge in [-0.05, 0) is 47.9 Å². The molecule has 1 unspecified atom stereocenters. The van der Waals surface area contributed by atoms with Gasteiger partial charge in [-0.1, -0.05) is 34.1 Å². The standard InChI is InChI=1S/C14H14BrFN2/c1-9-2-5-11(15)8-13(9)14(18-17)10-3-6-12(16)7-4-10/h2-8,14,18H,17H2,1H3. The molecule has 3 N–H and O–H groups in total. The maximum atomic E-state index is 12.9. The molecule has 0 saturated carbocycles. The first kappa shape index (κ1) is 13.2. The lowest BCUT2D eigenvalue weighted by atomic mass is 9.95. The van der Waals surface area contributed by atoms with E-state index >= 15 is 0 Å². The van der Waals surface area contributed by atoms with E-state index in [-0.39, 0.29) is 11.9 Å². The molecule has 0 fully saturated rings. The van der Waals surface area contributed by atoms with Crippen LogP contribution < -0.4 is 11.3 Å². The predicted molar refractivity (Wildman–Crippen MR) is 74.4 cm³/mol. The second-order valence-electron chi connectivity index (χ2n) is 4.15. The Hall–Kier alpha value is -1.23. The normalized spacial score (nSPS) is 12.4. The van der Waals surface area contributed by atoms with Gasteiger partial charge in [0.15, 0.2) is 0 Å². The van der Waals surface area contributed by atoms with Crippen LogP contribution in [0.15, 0.2) is 46.9 Å². The van der Waals surface area contributed by atoms with Crippen molar-refractivity contribution in [2.24, 2.45) is 5.84 Å². The Morgan fingerprint density at radius 3 is 2.44 bits per heavy atom. The summed E-state index contributed by atoms with van der Waals surface area (Å²) in [6.07, 6.45) is 0. The average Bonchev–Trinajstić information content (AvgIpc) is 2.37. The van der Waals surface area contributed by atoms with Crippen LogP contribution >= 0.6 is 15.9 Å². The minimum absolute atomic E-state index is 0.150. The van der Waals surface area contributed by atoms with Gasteiger partial charge in [-0.25, -0.2) is 9.82 Å². The van der Waals surface area contributed by atoms with Crippen LogP contribution in [0.3, 0.4) is 0 Å². The third-order valence-corrected chi connectivity index (χ3v) is 3.42. The Labute approximate surface area is 114 Å². The fourth-order valence-electron chi connectivity index (χ4n) is 1.94. The number of hydrogen-bond donors (Lipinski definition) is 2. The Kier molecular flexibility index (Phi) is 4.11. The van der Waals surface area contributed by atoms with Crippen molar-refractivity contribution in [3.8, 4) is 0 Å². The molecule has 94 valence electrons. The van der Waals surface area contributed by atoms with E-state index in [4.69, 9.17) is 5.84 Å². The largest absolute Gasteiger partial charge is 0.271 e. The van der Waals surface area contributed by atoms with Crippen molar-refractivity contribution in [3.63, 3.8) is 0 Å². The highest BCUT2D eigenvalue weighted by Gasteiger charge is 2.14. The van der Waals surface area contributed by atoms with Gasteiger partial charge in [0.25, 0.3) is 0 Å². The summed E-state index contributed by atoms with van der Waals surface area (Å²) < 4.78 is 13.9. The van der Waals surface area contributed by atoms with Crippen molar-refractivity contribution in [1.82, 2.24) is 5.43 Å². The van der Waals surface area contributed by atoms with Crippen LogP contribution in [-0.4, -0.2) is 0 Å². The third-order valence-electron chi connectivity index (χ3n) is 2.92. The van der Waals surface area contributed by atoms with Gasteiger partial charge in [-0.15, -0.1) is 0 Å². The molecule has 1 atom stereocenters. The zero-order chi connectivity index (χ0) is 13.1. The highest BCUT2D eigenvalue weighted by atomic mass is 79.9. The van der Waals surface area contributed by atoms with Gasteiger partial charge in [0, 0.05) is 4.47 Å². The third kappa shape index (κ3) is 2.77. The Balaban J connectivity index is 2.44. The van der Waals surface area contributed by atoms with E-state index in [1.54, 1.807) is 12.1 Å². The zero-order valence-electron chi connectivity index (χ0n) is 9.95. The second kappa shape index (κ2) is 5.61. The summed E-state index contributed by atoms with van der Waals surface area (Å²) in [7, 11) is 0. The van der Waals surface area contributed by atoms with Crippen LogP contribution in [0.2, 0.25) is 0 Å². The van der Waals surface area contributed by atoms with Crippen molar-refractivity contribution in [2.45, 2.75) is 13.0 Å². The van der Waals surface area contributed by atoms with Crippen LogP contribution in [0.5, 0.6) is 0 Å². The summed E-state index contributed by atoms with van der Waals surface area (Å²) in [5, 5.41) is 0. The first-order valence-electron chi connectivity index (χ1n) is 5.59. The minimum Gasteiger partial charge on any atom is -0.271 e. The molecule has 0 heterocycles. The highest BCUT2D eigenvalue weighted by Crippen LogP contribution is 2.27. The molecule has 0 aromatic heterocycles. The SMILES string of the molecule is Cc1ccc(Br)cc1C(NN)c1ccc(F)cc1. The molecule has 2 aromatic rings. The number of benzene rings is 2. The van der Waals surface area contributed by atoms with Crippen molar-refractivity contribution >= 4 is 15.9 Å². The van der Waals surface area contributed by atoms with Gasteiger partial charge in [0.1, 0.15) is 5.82 Å². The first-order valence-corrected chi connectivity index (χ1v) is 6.39. The quantitative estimate of drug-likeness (QED) is 0.673. The molecule has 0 saturated heterocycles. The Morgan fingerprint density at radius 2 is 1.83 bits per heavy atom. The van der Waals surface area contributed by atoms with Gasteiger partial charge >= 0.3 is 0 Å². The molecule has 0 aliphatic heterocycles. The summed E-state index contributed by atoms with van der Waals surface area (Å²) in [4.78, 5) is 0. The minimum atomic E-state index is -0.250. The van der Waals surface area contributed by atoms with Crippen molar-refractivity contribution in [3.05, 3.63) is 69.4 Å². The van der Waals surface area contributed by atoms with Gasteiger partial charge in [0.2, 0.25) is 0 Å². The summed E-state index contributed by atoms with van der Waals surface area (Å²) in [5.74, 6) is 5.39. The topological polar surface area (TPSA) is 38.0 Å². The van der Waals surface area contributed by atoms with Gasteiger partial charge < -0.3 is 0 Å². The highest BCUT2D eigenvalue weighted by molar-refractivity contribution is 9.10. The lowest BCUT2D eigenvalue weighted by Crippen LogP contribution is -2.29. The summed E-state index contributed by atoms with van der Waals surface area (Å²) in [6.45, 7) is 2.02. The smallest absolute Gasteiger partial charge is 0.123 e. The number of halogens is 2. The summed E-state index contributed by atoms with van der Waals surface area (Å²) in [5.41, 5.74) is 5.91. The zero-order valence-corrected chi connectivity index (χ0v) is 11.5. The first-order chi connectivity index (χ1) is 8.61. The van der Waals surface area contributed by atoms with E-state index in [9.17, 15) is 4.39 Å². The molecule has 2 aromatic carbocycles. The monoisotopic (exact) mass is 308 g/mol. The molecule has 0 aliphatic rings. The number of hydrogen-bond acceptors (Lipinski definition) is 2. The van der Waals surface area contributed by atoms with Crippen LogP contribution in [0, 0.1) is 12.7 Å². The molecule has 2 rings (SSSR count). The van der Waals surface area contributed by atoms with Gasteiger partial charge in [0.05, 0.1) is 6.04 Å². The van der Waals surface area contributed by atoms with Crippen molar-refractivity contribution < 1.29 is 4.39 Å². The average molecular weight is 309 g/mol. The van der Waals surface area contributed by atoms with Crippen LogP contribution in [-0.2, 0) is 0 Å². The van der Waals surface area contributed by atoms with E-state index in [1.165, 1.54) is 12.1 Å². The van der Waals surface area contributed by atoms with E-state index < -0.39 is 0 Å². The molecule has 2 nitrogen and oxygen atoms in total. The maximum Gasteiger partial charge on any atom is 0.123 e. The molecular formula is C14H14BrFN2. The fourth-order valence-corrected chi connectivity index (χ4v) is 2.32. The molecule has 4 heteroatoms. The maximum absolute atomic E-state index is 12.9. The predicted octanol–water partition coefficient (Wildman–Crippen LogP) is 3.45. The summed E-state index contributed by atoms with van der Waals surface area (Å²) >= 11 is 3.45. The molecular weight excluding hydrogens is 295 g/mol. The van der Waals surface area contributed by atoms with Gasteiger partial charge in [-0.2, -0.15) is 0 Å². The van der Waals surface area contributed by atoms with Crippen molar-refractivity contribution in [1.29, 1.82) is 0 Å². The lowest BCUT2D eigenvalue weighted by molar-refractivity contribution is 0.614. The van der Waals surface area contributed by atoms with Crippen LogP contribution in [0.1, 0.15) is 22.7 Å². The Morgan fingerprint density at radius 1 is 1.17 bits per heavy atom. The van der Waals surface area contributed by atoms with E-state index in [0.29, 0.717) is 0 Å². The fraction of sp³-hybridized carbons (Fsp3) is 0.143.